The van der Waals surface area contributed by atoms with Gasteiger partial charge in [0.1, 0.15) is 0 Å². The van der Waals surface area contributed by atoms with Crippen molar-refractivity contribution in [2.45, 2.75) is 73.1 Å². The summed E-state index contributed by atoms with van der Waals surface area (Å²) in [6.45, 7) is 11.3. The maximum absolute atomic E-state index is 3.82. The molecule has 0 amide bonds. The topological polar surface area (TPSA) is 0 Å². The van der Waals surface area contributed by atoms with E-state index >= 15 is 0 Å². The molecule has 1 unspecified atom stereocenters. The van der Waals surface area contributed by atoms with Crippen molar-refractivity contribution in [2.24, 2.45) is 5.41 Å². The van der Waals surface area contributed by atoms with Gasteiger partial charge < -0.3 is 0 Å². The summed E-state index contributed by atoms with van der Waals surface area (Å²) in [5, 5.41) is 2.75. The predicted octanol–water partition coefficient (Wildman–Crippen LogP) is 8.63. The van der Waals surface area contributed by atoms with Crippen LogP contribution in [0.1, 0.15) is 68.7 Å². The molecular weight excluding hydrogens is 584 g/mol. The van der Waals surface area contributed by atoms with Crippen molar-refractivity contribution in [1.29, 1.82) is 0 Å². The summed E-state index contributed by atoms with van der Waals surface area (Å²) >= 11 is 1.55. The van der Waals surface area contributed by atoms with E-state index in [9.17, 15) is 0 Å². The molecule has 42 heavy (non-hydrogen) atoms. The van der Waals surface area contributed by atoms with Crippen LogP contribution in [-0.4, -0.2) is 3.21 Å². The predicted molar refractivity (Wildman–Crippen MR) is 178 cm³/mol. The van der Waals surface area contributed by atoms with Gasteiger partial charge in [0, 0.05) is 0 Å². The minimum atomic E-state index is 0.109. The van der Waals surface area contributed by atoms with E-state index < -0.39 is 0 Å². The summed E-state index contributed by atoms with van der Waals surface area (Å²) in [4.78, 5) is 0. The van der Waals surface area contributed by atoms with Gasteiger partial charge >= 0.3 is 112 Å². The molecule has 1 heteroatoms. The molecule has 0 heterocycles. The van der Waals surface area contributed by atoms with E-state index in [0.717, 1.165) is 19.3 Å². The first-order valence-corrected chi connectivity index (χ1v) is 16.6. The normalized spacial score (nSPS) is 17.5. The third-order valence-corrected chi connectivity index (χ3v) is 9.19. The summed E-state index contributed by atoms with van der Waals surface area (Å²) in [5.74, 6) is 0. The van der Waals surface area contributed by atoms with Gasteiger partial charge in [0.25, 0.3) is 0 Å². The summed E-state index contributed by atoms with van der Waals surface area (Å²) < 4.78 is 1.60. The number of hydrogen-bond acceptors (Lipinski definition) is 0. The minimum absolute atomic E-state index is 0.109. The average Bonchev–Trinajstić information content (AvgIpc) is 3.67. The second kappa shape index (κ2) is 15.5. The van der Waals surface area contributed by atoms with Gasteiger partial charge in [-0.15, -0.1) is 18.1 Å². The first-order chi connectivity index (χ1) is 20.3. The number of rotatable bonds is 7. The molecular formula is C41H44Zr. The monoisotopic (exact) mass is 626 g/mol. The van der Waals surface area contributed by atoms with Crippen molar-refractivity contribution in [1.82, 2.24) is 0 Å². The van der Waals surface area contributed by atoms with Gasteiger partial charge in [0.05, 0.1) is 0 Å². The molecule has 1 atom stereocenters. The molecule has 0 nitrogen and oxygen atoms in total. The van der Waals surface area contributed by atoms with Crippen molar-refractivity contribution >= 4 is 14.9 Å². The van der Waals surface area contributed by atoms with Crippen LogP contribution < -0.4 is 10.4 Å². The molecule has 0 fully saturated rings. The molecule has 0 N–H and O–H groups in total. The van der Waals surface area contributed by atoms with Crippen LogP contribution in [-0.2, 0) is 37.1 Å². The Morgan fingerprint density at radius 1 is 0.857 bits per heavy atom. The van der Waals surface area contributed by atoms with Gasteiger partial charge in [-0.25, -0.2) is 12.2 Å². The van der Waals surface area contributed by atoms with Crippen molar-refractivity contribution in [3.8, 4) is 0 Å². The third-order valence-electron chi connectivity index (χ3n) is 8.32. The molecule has 6 rings (SSSR count). The third kappa shape index (κ3) is 8.81. The van der Waals surface area contributed by atoms with Gasteiger partial charge in [-0.2, -0.15) is 23.8 Å². The number of allylic oxidation sites excluding steroid dienone is 8. The van der Waals surface area contributed by atoms with Crippen molar-refractivity contribution in [2.75, 3.05) is 0 Å². The molecule has 0 aromatic heterocycles. The zero-order valence-electron chi connectivity index (χ0n) is 26.1. The van der Waals surface area contributed by atoms with Crippen LogP contribution in [0, 0.1) is 31.4 Å². The molecule has 0 bridgehead atoms. The van der Waals surface area contributed by atoms with Crippen LogP contribution in [0.15, 0.2) is 108 Å². The Hall–Kier alpha value is -2.89. The molecule has 3 aliphatic rings. The molecule has 0 spiro atoms. The Balaban J connectivity index is 0.000000170. The number of aryl methyl sites for hydroxylation is 2. The van der Waals surface area contributed by atoms with Crippen molar-refractivity contribution < 1.29 is 24.2 Å². The Bertz CT molecular complexity index is 1560. The van der Waals surface area contributed by atoms with E-state index in [0.29, 0.717) is 0 Å². The van der Waals surface area contributed by atoms with E-state index in [4.69, 9.17) is 0 Å². The SMILES string of the molecule is CCCCC1(C)[C-]=C2C=c3cc(C)c(C)cc3=C2C=C1C.[C-]1=CC=CC1.[Zr+2]=[C](Cc1ccccc1)Cc1ccccc1. The van der Waals surface area contributed by atoms with Gasteiger partial charge in [0.15, 0.2) is 0 Å². The van der Waals surface area contributed by atoms with Gasteiger partial charge in [-0.05, 0) is 37.3 Å². The standard InChI is InChI=1S/C21H25.C15H14.C5H5.Zr/c1-6-7-8-21(5)13-18-12-17-9-14(2)15(3)10-19(17)20(18)11-16(21)4;1-3-8-14(9-4-1)12-7-13-15-10-5-2-6-11-15;1-2-4-5-3-1;/h9-12H,6-8H2,1-5H3;1-6,8-11H,12-13H2;1-3H,4H2;/q-1;;-1;+2. The second-order valence-electron chi connectivity index (χ2n) is 11.8. The second-order valence-corrected chi connectivity index (χ2v) is 13.6. The summed E-state index contributed by atoms with van der Waals surface area (Å²) in [6.07, 6.45) is 24.5. The molecule has 0 aliphatic heterocycles. The van der Waals surface area contributed by atoms with E-state index in [-0.39, 0.29) is 5.41 Å². The zero-order chi connectivity index (χ0) is 30.0. The molecule has 0 saturated carbocycles. The van der Waals surface area contributed by atoms with Crippen molar-refractivity contribution in [3.63, 3.8) is 0 Å². The summed E-state index contributed by atoms with van der Waals surface area (Å²) in [5.41, 5.74) is 9.83. The molecule has 0 saturated heterocycles. The van der Waals surface area contributed by atoms with Gasteiger partial charge in [-0.3, -0.25) is 6.08 Å². The molecule has 0 radical (unpaired) electrons. The average molecular weight is 628 g/mol. The number of unbranched alkanes of at least 4 members (excludes halogenated alkanes) is 1. The zero-order valence-corrected chi connectivity index (χ0v) is 28.5. The van der Waals surface area contributed by atoms with Crippen LogP contribution in [0.4, 0.5) is 0 Å². The Morgan fingerprint density at radius 2 is 1.48 bits per heavy atom. The first kappa shape index (κ1) is 32.0. The maximum atomic E-state index is 3.82. The summed E-state index contributed by atoms with van der Waals surface area (Å²) in [6, 6.07) is 26.1. The Kier molecular flexibility index (Phi) is 11.9. The van der Waals surface area contributed by atoms with Gasteiger partial charge in [-0.1, -0.05) is 61.3 Å². The fourth-order valence-electron chi connectivity index (χ4n) is 5.48. The van der Waals surface area contributed by atoms with E-state index in [1.54, 1.807) is 27.4 Å². The quantitative estimate of drug-likeness (QED) is 0.230. The van der Waals surface area contributed by atoms with Crippen LogP contribution in [0.2, 0.25) is 0 Å². The molecule has 3 aliphatic carbocycles. The van der Waals surface area contributed by atoms with Crippen LogP contribution in [0.3, 0.4) is 0 Å². The fraction of sp³-hybridized carbons (Fsp3) is 0.293. The molecule has 3 aromatic carbocycles. The van der Waals surface area contributed by atoms with Gasteiger partial charge in [0.2, 0.25) is 0 Å². The Labute approximate surface area is 269 Å². The van der Waals surface area contributed by atoms with Crippen LogP contribution in [0.25, 0.3) is 11.6 Å². The molecule has 212 valence electrons. The Morgan fingerprint density at radius 3 is 2.00 bits per heavy atom. The number of hydrogen-bond donors (Lipinski definition) is 0. The first-order valence-electron chi connectivity index (χ1n) is 15.3. The summed E-state index contributed by atoms with van der Waals surface area (Å²) in [7, 11) is 0. The number of benzene rings is 3. The van der Waals surface area contributed by atoms with E-state index in [1.165, 1.54) is 68.7 Å². The van der Waals surface area contributed by atoms with Crippen LogP contribution in [0.5, 0.6) is 0 Å². The van der Waals surface area contributed by atoms with E-state index in [2.05, 4.69) is 138 Å². The fourth-order valence-corrected chi connectivity index (χ4v) is 6.48. The van der Waals surface area contributed by atoms with Crippen molar-refractivity contribution in [3.05, 3.63) is 153 Å². The van der Waals surface area contributed by atoms with E-state index in [1.807, 2.05) is 12.2 Å². The molecule has 3 aromatic rings. The number of fused-ring (bicyclic) bond motifs is 2. The van der Waals surface area contributed by atoms with Crippen LogP contribution >= 0.6 is 0 Å².